The Balaban J connectivity index is 0.873. The van der Waals surface area contributed by atoms with Crippen LogP contribution in [0.2, 0.25) is 0 Å². The molecule has 57 heavy (non-hydrogen) atoms. The zero-order valence-corrected chi connectivity index (χ0v) is 34.0. The second-order valence-corrected chi connectivity index (χ2v) is 20.5. The summed E-state index contributed by atoms with van der Waals surface area (Å²) in [5.41, 5.74) is 0.552. The van der Waals surface area contributed by atoms with Gasteiger partial charge in [-0.25, -0.2) is 22.0 Å². The lowest BCUT2D eigenvalue weighted by Gasteiger charge is -2.55. The van der Waals surface area contributed by atoms with Crippen LogP contribution in [0.1, 0.15) is 63.9 Å². The maximum atomic E-state index is 15.7. The van der Waals surface area contributed by atoms with E-state index in [-0.39, 0.29) is 63.1 Å². The second-order valence-electron chi connectivity index (χ2n) is 18.6. The Bertz CT molecular complexity index is 2050. The minimum absolute atomic E-state index is 0.0610. The van der Waals surface area contributed by atoms with E-state index >= 15 is 8.78 Å². The van der Waals surface area contributed by atoms with Crippen molar-refractivity contribution in [3.05, 3.63) is 72.3 Å². The van der Waals surface area contributed by atoms with Gasteiger partial charge in [0.1, 0.15) is 11.6 Å². The number of fused-ring (bicyclic) bond motifs is 3. The molecule has 11 nitrogen and oxygen atoms in total. The van der Waals surface area contributed by atoms with E-state index in [2.05, 4.69) is 34.7 Å². The predicted molar refractivity (Wildman–Crippen MR) is 212 cm³/mol. The largest absolute Gasteiger partial charge is 0.453 e. The standard InChI is InChI=1S/C43H56F2N6O5S/c1-4-38(52)50-23-34-21-33(50)24-51(34)57(54,55)35-10-11-37(36(45)22-35)49-27-40(2,28-49)26-48-18-12-30(13-19-48)43(29-47-16-7-17-47,31-8-5-9-32(44)20-31)41-14-6-15-42(41,25-41)46-39(53)56-3/h4-5,8-11,20,22,30,33-34H,1,6-7,12-19,21,23-29H2,2-3H3,(H,46,53)/t33-,34-,41+,42-,43-/m0/s1. The summed E-state index contributed by atoms with van der Waals surface area (Å²) in [6, 6.07) is 11.0. The van der Waals surface area contributed by atoms with Crippen LogP contribution >= 0.6 is 0 Å². The monoisotopic (exact) mass is 806 g/mol. The number of carbonyl (C=O) groups excluding carboxylic acids is 2. The first-order chi connectivity index (χ1) is 27.2. The lowest BCUT2D eigenvalue weighted by Crippen LogP contribution is -2.62. The van der Waals surface area contributed by atoms with E-state index in [4.69, 9.17) is 4.74 Å². The van der Waals surface area contributed by atoms with E-state index in [1.54, 1.807) is 17.0 Å². The number of ether oxygens (including phenoxy) is 1. The Kier molecular flexibility index (Phi) is 9.57. The van der Waals surface area contributed by atoms with Crippen LogP contribution in [0.3, 0.4) is 0 Å². The summed E-state index contributed by atoms with van der Waals surface area (Å²) in [5.74, 6) is -0.662. The zero-order valence-electron chi connectivity index (χ0n) is 33.2. The molecule has 7 fully saturated rings. The van der Waals surface area contributed by atoms with E-state index in [0.29, 0.717) is 37.7 Å². The fourth-order valence-corrected chi connectivity index (χ4v) is 14.3. The molecule has 2 aliphatic carbocycles. The molecule has 0 aromatic heterocycles. The molecule has 5 atom stereocenters. The summed E-state index contributed by atoms with van der Waals surface area (Å²) >= 11 is 0. The van der Waals surface area contributed by atoms with E-state index in [0.717, 1.165) is 95.8 Å². The number of carbonyl (C=O) groups is 2. The van der Waals surface area contributed by atoms with Crippen molar-refractivity contribution in [2.45, 2.75) is 86.2 Å². The first kappa shape index (κ1) is 38.9. The predicted octanol–water partition coefficient (Wildman–Crippen LogP) is 4.98. The fourth-order valence-electron chi connectivity index (χ4n) is 12.7. The highest BCUT2D eigenvalue weighted by molar-refractivity contribution is 7.89. The summed E-state index contributed by atoms with van der Waals surface area (Å²) < 4.78 is 64.7. The van der Waals surface area contributed by atoms with Crippen LogP contribution < -0.4 is 10.2 Å². The van der Waals surface area contributed by atoms with Crippen LogP contribution in [-0.4, -0.2) is 130 Å². The van der Waals surface area contributed by atoms with E-state index in [1.165, 1.54) is 29.6 Å². The summed E-state index contributed by atoms with van der Waals surface area (Å²) in [6.45, 7) is 13.2. The highest BCUT2D eigenvalue weighted by atomic mass is 32.2. The number of alkyl carbamates (subject to hydrolysis) is 1. The van der Waals surface area contributed by atoms with Gasteiger partial charge in [-0.2, -0.15) is 4.31 Å². The first-order valence-corrected chi connectivity index (χ1v) is 22.3. The molecule has 5 heterocycles. The fraction of sp³-hybridized carbons (Fsp3) is 0.628. The van der Waals surface area contributed by atoms with Crippen LogP contribution in [0.15, 0.2) is 60.0 Å². The molecule has 0 radical (unpaired) electrons. The number of nitrogens with zero attached hydrogens (tertiary/aromatic N) is 5. The SMILES string of the molecule is C=CC(=O)N1C[C@@H]2C[C@H]1CN2S(=O)(=O)c1ccc(N2CC(C)(CN3CCC([C@@](CN4CCC4)(c4cccc(F)c4)[C@@]45CCC[C@]4(NC(=O)OC)C5)CC3)C2)c(F)c1. The Labute approximate surface area is 335 Å². The van der Waals surface area contributed by atoms with Crippen molar-refractivity contribution in [3.8, 4) is 0 Å². The third-order valence-corrected chi connectivity index (χ3v) is 17.2. The van der Waals surface area contributed by atoms with Crippen LogP contribution in [0.4, 0.5) is 19.3 Å². The highest BCUT2D eigenvalue weighted by Gasteiger charge is 2.79. The van der Waals surface area contributed by atoms with Crippen molar-refractivity contribution in [2.24, 2.45) is 16.7 Å². The molecule has 5 aliphatic heterocycles. The third-order valence-electron chi connectivity index (χ3n) is 15.3. The molecule has 2 amide bonds. The number of amides is 2. The van der Waals surface area contributed by atoms with Crippen LogP contribution in [-0.2, 0) is 25.0 Å². The van der Waals surface area contributed by atoms with Gasteiger partial charge in [-0.15, -0.1) is 0 Å². The molecule has 7 aliphatic rings. The number of benzene rings is 2. The van der Waals surface area contributed by atoms with Crippen molar-refractivity contribution in [3.63, 3.8) is 0 Å². The number of rotatable bonds is 12. The normalized spacial score (nSPS) is 30.9. The molecular formula is C43H56F2N6O5S. The van der Waals surface area contributed by atoms with Gasteiger partial charge < -0.3 is 29.7 Å². The second kappa shape index (κ2) is 14.0. The Morgan fingerprint density at radius 1 is 1.00 bits per heavy atom. The molecule has 9 rings (SSSR count). The minimum atomic E-state index is -3.92. The Morgan fingerprint density at radius 3 is 2.40 bits per heavy atom. The van der Waals surface area contributed by atoms with Crippen molar-refractivity contribution in [1.82, 2.24) is 24.3 Å². The lowest BCUT2D eigenvalue weighted by molar-refractivity contribution is -0.127. The molecule has 0 unspecified atom stereocenters. The van der Waals surface area contributed by atoms with Gasteiger partial charge in [0, 0.05) is 67.6 Å². The number of piperazine rings is 1. The van der Waals surface area contributed by atoms with Gasteiger partial charge in [-0.3, -0.25) is 4.79 Å². The number of methoxy groups -OCH3 is 1. The summed E-state index contributed by atoms with van der Waals surface area (Å²) in [5, 5.41) is 3.31. The number of sulfonamides is 1. The number of piperidine rings is 1. The van der Waals surface area contributed by atoms with Crippen molar-refractivity contribution >= 4 is 27.7 Å². The van der Waals surface area contributed by atoms with Gasteiger partial charge >= 0.3 is 6.09 Å². The number of halogens is 2. The van der Waals surface area contributed by atoms with Gasteiger partial charge in [0.2, 0.25) is 15.9 Å². The maximum absolute atomic E-state index is 15.7. The molecule has 308 valence electrons. The topological polar surface area (TPSA) is 106 Å². The molecule has 5 saturated heterocycles. The van der Waals surface area contributed by atoms with Crippen molar-refractivity contribution < 1.29 is 31.5 Å². The van der Waals surface area contributed by atoms with Gasteiger partial charge in [-0.1, -0.05) is 32.1 Å². The summed E-state index contributed by atoms with van der Waals surface area (Å²) in [7, 11) is -2.50. The van der Waals surface area contributed by atoms with Gasteiger partial charge in [0.15, 0.2) is 0 Å². The number of likely N-dealkylation sites (tertiary alicyclic amines) is 3. The molecule has 2 saturated carbocycles. The van der Waals surface area contributed by atoms with Crippen molar-refractivity contribution in [1.29, 1.82) is 0 Å². The van der Waals surface area contributed by atoms with Crippen LogP contribution in [0.5, 0.6) is 0 Å². The maximum Gasteiger partial charge on any atom is 0.407 e. The Morgan fingerprint density at radius 2 is 1.77 bits per heavy atom. The average Bonchev–Trinajstić information content (AvgIpc) is 3.53. The van der Waals surface area contributed by atoms with Gasteiger partial charge in [-0.05, 0) is 119 Å². The Hall–Kier alpha value is -3.59. The molecule has 0 spiro atoms. The quantitative estimate of drug-likeness (QED) is 0.300. The molecule has 1 N–H and O–H groups in total. The van der Waals surface area contributed by atoms with Gasteiger partial charge in [0.05, 0.1) is 23.2 Å². The molecular weight excluding hydrogens is 751 g/mol. The van der Waals surface area contributed by atoms with Gasteiger partial charge in [0.25, 0.3) is 0 Å². The van der Waals surface area contributed by atoms with Crippen LogP contribution in [0, 0.1) is 28.4 Å². The molecule has 14 heteroatoms. The smallest absolute Gasteiger partial charge is 0.407 e. The number of nitrogens with one attached hydrogen (secondary N) is 1. The van der Waals surface area contributed by atoms with E-state index in [9.17, 15) is 18.0 Å². The summed E-state index contributed by atoms with van der Waals surface area (Å²) in [4.78, 5) is 33.6. The minimum Gasteiger partial charge on any atom is -0.453 e. The number of hydrogen-bond acceptors (Lipinski definition) is 8. The zero-order chi connectivity index (χ0) is 40.0. The number of hydrogen-bond donors (Lipinski definition) is 1. The highest BCUT2D eigenvalue weighted by Crippen LogP contribution is 2.77. The molecule has 2 bridgehead atoms. The van der Waals surface area contributed by atoms with E-state index in [1.807, 2.05) is 11.0 Å². The number of anilines is 1. The molecule has 2 aromatic carbocycles. The molecule has 2 aromatic rings. The lowest BCUT2D eigenvalue weighted by atomic mass is 9.56. The first-order valence-electron chi connectivity index (χ1n) is 20.8. The average molecular weight is 807 g/mol. The third kappa shape index (κ3) is 6.21. The van der Waals surface area contributed by atoms with Crippen LogP contribution in [0.25, 0.3) is 0 Å². The summed E-state index contributed by atoms with van der Waals surface area (Å²) in [6.07, 6.45) is 8.34. The van der Waals surface area contributed by atoms with E-state index < -0.39 is 15.8 Å². The van der Waals surface area contributed by atoms with Crippen molar-refractivity contribution in [2.75, 3.05) is 77.5 Å².